The number of nitrogen functional groups attached to an aromatic ring is 1. The largest absolute Gasteiger partial charge is 0.398 e. The molecule has 2 aromatic rings. The molecule has 0 saturated heterocycles. The van der Waals surface area contributed by atoms with Crippen LogP contribution in [0.15, 0.2) is 44.3 Å². The number of rotatable bonds is 3. The molecule has 0 atom stereocenters. The molecule has 0 bridgehead atoms. The summed E-state index contributed by atoms with van der Waals surface area (Å²) in [6, 6.07) is 6.46. The van der Waals surface area contributed by atoms with Crippen molar-refractivity contribution < 1.29 is 8.42 Å². The van der Waals surface area contributed by atoms with Crippen molar-refractivity contribution in [2.75, 3.05) is 10.5 Å². The molecule has 0 fully saturated rings. The highest BCUT2D eigenvalue weighted by atomic mass is 79.9. The number of nitrogens with two attached hydrogens (primary N) is 1. The molecular formula is C12H11Br2N3O2S. The van der Waals surface area contributed by atoms with Gasteiger partial charge in [-0.25, -0.2) is 8.42 Å². The number of benzene rings is 1. The van der Waals surface area contributed by atoms with Gasteiger partial charge in [-0.1, -0.05) is 15.9 Å². The third-order valence-corrected chi connectivity index (χ3v) is 5.38. The molecule has 0 aliphatic heterocycles. The van der Waals surface area contributed by atoms with Crippen LogP contribution < -0.4 is 10.5 Å². The molecule has 0 aliphatic rings. The second-order valence-electron chi connectivity index (χ2n) is 4.05. The second kappa shape index (κ2) is 5.71. The van der Waals surface area contributed by atoms with Gasteiger partial charge in [0, 0.05) is 15.1 Å². The van der Waals surface area contributed by atoms with Crippen LogP contribution in [0.3, 0.4) is 0 Å². The van der Waals surface area contributed by atoms with Crippen LogP contribution in [0.5, 0.6) is 0 Å². The van der Waals surface area contributed by atoms with Gasteiger partial charge in [-0.05, 0) is 47.1 Å². The summed E-state index contributed by atoms with van der Waals surface area (Å²) >= 11 is 6.48. The van der Waals surface area contributed by atoms with Crippen LogP contribution in [0.25, 0.3) is 0 Å². The van der Waals surface area contributed by atoms with Crippen LogP contribution in [0.2, 0.25) is 0 Å². The van der Waals surface area contributed by atoms with Crippen LogP contribution in [0.1, 0.15) is 5.69 Å². The lowest BCUT2D eigenvalue weighted by Gasteiger charge is -2.13. The van der Waals surface area contributed by atoms with E-state index in [0.717, 1.165) is 0 Å². The zero-order chi connectivity index (χ0) is 14.9. The van der Waals surface area contributed by atoms with Crippen LogP contribution in [-0.4, -0.2) is 13.4 Å². The first-order valence-electron chi connectivity index (χ1n) is 5.50. The Morgan fingerprint density at radius 2 is 2.00 bits per heavy atom. The maximum Gasteiger partial charge on any atom is 0.265 e. The third-order valence-electron chi connectivity index (χ3n) is 2.56. The minimum Gasteiger partial charge on any atom is -0.398 e. The van der Waals surface area contributed by atoms with Gasteiger partial charge in [-0.3, -0.25) is 9.71 Å². The Morgan fingerprint density at radius 3 is 2.60 bits per heavy atom. The molecule has 2 rings (SSSR count). The van der Waals surface area contributed by atoms with Crippen molar-refractivity contribution in [1.29, 1.82) is 0 Å². The predicted octanol–water partition coefficient (Wildman–Crippen LogP) is 3.30. The molecule has 3 N–H and O–H groups in total. The van der Waals surface area contributed by atoms with Gasteiger partial charge in [0.1, 0.15) is 4.90 Å². The van der Waals surface area contributed by atoms with Gasteiger partial charge in [0.2, 0.25) is 0 Å². The zero-order valence-electron chi connectivity index (χ0n) is 10.4. The quantitative estimate of drug-likeness (QED) is 0.746. The van der Waals surface area contributed by atoms with E-state index in [0.29, 0.717) is 20.3 Å². The number of aryl methyl sites for hydroxylation is 1. The second-order valence-corrected chi connectivity index (χ2v) is 7.44. The van der Waals surface area contributed by atoms with E-state index in [2.05, 4.69) is 41.6 Å². The zero-order valence-corrected chi connectivity index (χ0v) is 14.4. The SMILES string of the molecule is Cc1ncccc1NS(=O)(=O)c1c(N)cc(Br)cc1Br. The van der Waals surface area contributed by atoms with Crippen LogP contribution in [0, 0.1) is 6.92 Å². The molecule has 0 spiro atoms. The van der Waals surface area contributed by atoms with Crippen molar-refractivity contribution in [3.8, 4) is 0 Å². The van der Waals surface area contributed by atoms with Gasteiger partial charge in [0.05, 0.1) is 17.1 Å². The van der Waals surface area contributed by atoms with Gasteiger partial charge < -0.3 is 5.73 Å². The van der Waals surface area contributed by atoms with Crippen molar-refractivity contribution in [3.63, 3.8) is 0 Å². The molecular weight excluding hydrogens is 410 g/mol. The summed E-state index contributed by atoms with van der Waals surface area (Å²) in [6.07, 6.45) is 1.59. The first-order valence-corrected chi connectivity index (χ1v) is 8.57. The molecule has 0 aliphatic carbocycles. The number of pyridine rings is 1. The van der Waals surface area contributed by atoms with Crippen molar-refractivity contribution in [2.24, 2.45) is 0 Å². The van der Waals surface area contributed by atoms with Crippen molar-refractivity contribution >= 4 is 53.3 Å². The molecule has 106 valence electrons. The van der Waals surface area contributed by atoms with E-state index in [1.807, 2.05) is 0 Å². The number of halogens is 2. The number of aromatic nitrogens is 1. The summed E-state index contributed by atoms with van der Waals surface area (Å²) in [6.45, 7) is 1.72. The van der Waals surface area contributed by atoms with Crippen molar-refractivity contribution in [2.45, 2.75) is 11.8 Å². The minimum absolute atomic E-state index is 0.00366. The lowest BCUT2D eigenvalue weighted by molar-refractivity contribution is 0.601. The number of nitrogens with zero attached hydrogens (tertiary/aromatic N) is 1. The number of hydrogen-bond donors (Lipinski definition) is 2. The Balaban J connectivity index is 2.50. The van der Waals surface area contributed by atoms with Gasteiger partial charge in [0.15, 0.2) is 0 Å². The monoisotopic (exact) mass is 419 g/mol. The van der Waals surface area contributed by atoms with E-state index in [9.17, 15) is 8.42 Å². The molecule has 1 heterocycles. The van der Waals surface area contributed by atoms with Crippen LogP contribution in [-0.2, 0) is 10.0 Å². The molecule has 0 amide bonds. The summed E-state index contributed by atoms with van der Waals surface area (Å²) in [4.78, 5) is 4.04. The first-order chi connectivity index (χ1) is 9.31. The highest BCUT2D eigenvalue weighted by Crippen LogP contribution is 2.33. The molecule has 1 aromatic heterocycles. The Morgan fingerprint density at radius 1 is 1.30 bits per heavy atom. The van der Waals surface area contributed by atoms with E-state index in [1.54, 1.807) is 31.3 Å². The summed E-state index contributed by atoms with van der Waals surface area (Å²) in [5.74, 6) is 0. The molecule has 5 nitrogen and oxygen atoms in total. The lowest BCUT2D eigenvalue weighted by Crippen LogP contribution is -2.16. The Hall–Kier alpha value is -1.12. The minimum atomic E-state index is -3.80. The summed E-state index contributed by atoms with van der Waals surface area (Å²) in [7, 11) is -3.80. The maximum atomic E-state index is 12.4. The van der Waals surface area contributed by atoms with Gasteiger partial charge in [-0.15, -0.1) is 0 Å². The number of anilines is 2. The standard InChI is InChI=1S/C12H11Br2N3O2S/c1-7-11(3-2-4-16-7)17-20(18,19)12-9(14)5-8(13)6-10(12)15/h2-6,17H,15H2,1H3. The predicted molar refractivity (Wildman–Crippen MR) is 86.0 cm³/mol. The fourth-order valence-corrected chi connectivity index (χ4v) is 4.84. The average Bonchev–Trinajstić information content (AvgIpc) is 2.30. The average molecular weight is 421 g/mol. The maximum absolute atomic E-state index is 12.4. The highest BCUT2D eigenvalue weighted by Gasteiger charge is 2.22. The Bertz CT molecular complexity index is 740. The molecule has 0 unspecified atom stereocenters. The molecule has 20 heavy (non-hydrogen) atoms. The fourth-order valence-electron chi connectivity index (χ4n) is 1.65. The Kier molecular flexibility index (Phi) is 4.36. The van der Waals surface area contributed by atoms with Gasteiger partial charge in [0.25, 0.3) is 10.0 Å². The van der Waals surface area contributed by atoms with E-state index in [-0.39, 0.29) is 10.6 Å². The molecule has 0 radical (unpaired) electrons. The van der Waals surface area contributed by atoms with E-state index >= 15 is 0 Å². The fraction of sp³-hybridized carbons (Fsp3) is 0.0833. The highest BCUT2D eigenvalue weighted by molar-refractivity contribution is 9.11. The topological polar surface area (TPSA) is 85.1 Å². The molecule has 8 heteroatoms. The van der Waals surface area contributed by atoms with Gasteiger partial charge in [-0.2, -0.15) is 0 Å². The van der Waals surface area contributed by atoms with Crippen molar-refractivity contribution in [1.82, 2.24) is 4.98 Å². The van der Waals surface area contributed by atoms with Crippen LogP contribution in [0.4, 0.5) is 11.4 Å². The number of hydrogen-bond acceptors (Lipinski definition) is 4. The number of sulfonamides is 1. The molecule has 0 saturated carbocycles. The van der Waals surface area contributed by atoms with Gasteiger partial charge >= 0.3 is 0 Å². The van der Waals surface area contributed by atoms with E-state index in [1.165, 1.54) is 6.07 Å². The van der Waals surface area contributed by atoms with E-state index < -0.39 is 10.0 Å². The van der Waals surface area contributed by atoms with Crippen molar-refractivity contribution in [3.05, 3.63) is 45.1 Å². The lowest BCUT2D eigenvalue weighted by atomic mass is 10.3. The molecule has 1 aromatic carbocycles. The summed E-state index contributed by atoms with van der Waals surface area (Å²) < 4.78 is 28.5. The van der Waals surface area contributed by atoms with E-state index in [4.69, 9.17) is 5.73 Å². The number of nitrogens with one attached hydrogen (secondary N) is 1. The summed E-state index contributed by atoms with van der Waals surface area (Å²) in [5.41, 5.74) is 6.96. The third kappa shape index (κ3) is 3.13. The first kappa shape index (κ1) is 15.3. The smallest absolute Gasteiger partial charge is 0.265 e. The van der Waals surface area contributed by atoms with Crippen LogP contribution >= 0.6 is 31.9 Å². The summed E-state index contributed by atoms with van der Waals surface area (Å²) in [5, 5.41) is 0. The normalized spacial score (nSPS) is 11.3. The Labute approximate surface area is 133 Å².